The van der Waals surface area contributed by atoms with Crippen LogP contribution in [0.5, 0.6) is 0 Å². The maximum atomic E-state index is 10.9. The molecule has 0 bridgehead atoms. The summed E-state index contributed by atoms with van der Waals surface area (Å²) in [6.45, 7) is 2.29. The van der Waals surface area contributed by atoms with E-state index in [1.807, 2.05) is 0 Å². The first kappa shape index (κ1) is 13.7. The Morgan fingerprint density at radius 2 is 2.37 bits per heavy atom. The number of hydrogen-bond donors (Lipinski definition) is 3. The highest BCUT2D eigenvalue weighted by atomic mass is 32.1. The van der Waals surface area contributed by atoms with Gasteiger partial charge in [-0.15, -0.1) is 5.10 Å². The number of rotatable bonds is 8. The van der Waals surface area contributed by atoms with E-state index in [2.05, 4.69) is 25.8 Å². The number of nitrogens with one attached hydrogen (secondary N) is 3. The van der Waals surface area contributed by atoms with Crippen molar-refractivity contribution in [3.63, 3.8) is 0 Å². The highest BCUT2D eigenvalue weighted by Gasteiger charge is 2.05. The maximum Gasteiger partial charge on any atom is 0.315 e. The van der Waals surface area contributed by atoms with Gasteiger partial charge in [0.15, 0.2) is 0 Å². The second-order valence-corrected chi connectivity index (χ2v) is 4.54. The normalized spacial score (nSPS) is 10.8. The third-order valence-corrected chi connectivity index (χ3v) is 2.95. The predicted octanol–water partition coefficient (Wildman–Crippen LogP) is 0.167. The van der Waals surface area contributed by atoms with Crippen molar-refractivity contribution in [1.29, 1.82) is 0 Å². The van der Waals surface area contributed by atoms with Crippen molar-refractivity contribution in [1.82, 2.24) is 20.5 Å². The van der Waals surface area contributed by atoms with Crippen LogP contribution >= 0.6 is 11.3 Å². The number of H-pyrrole nitrogens is 1. The molecule has 0 amide bonds. The topological polar surface area (TPSA) is 105 Å². The van der Waals surface area contributed by atoms with E-state index in [0.29, 0.717) is 31.6 Å². The molecule has 0 aromatic carbocycles. The van der Waals surface area contributed by atoms with Gasteiger partial charge in [-0.2, -0.15) is 0 Å². The molecule has 0 aliphatic carbocycles. The Morgan fingerprint density at radius 1 is 1.47 bits per heavy atom. The zero-order valence-corrected chi connectivity index (χ0v) is 11.2. The molecule has 0 saturated carbocycles. The lowest BCUT2D eigenvalue weighted by atomic mass is 10.5. The van der Waals surface area contributed by atoms with Crippen molar-refractivity contribution in [2.45, 2.75) is 13.1 Å². The van der Waals surface area contributed by atoms with Crippen molar-refractivity contribution in [2.24, 2.45) is 0 Å². The second-order valence-electron chi connectivity index (χ2n) is 3.70. The van der Waals surface area contributed by atoms with Gasteiger partial charge in [0.25, 0.3) is 0 Å². The number of thiazole rings is 1. The lowest BCUT2D eigenvalue weighted by Crippen LogP contribution is -2.18. The number of hydrogen-bond acceptors (Lipinski definition) is 8. The van der Waals surface area contributed by atoms with Crippen molar-refractivity contribution in [3.05, 3.63) is 26.6 Å². The molecule has 0 fully saturated rings. The Hall–Kier alpha value is -1.71. The first-order valence-corrected chi connectivity index (χ1v) is 6.58. The molecule has 2 rings (SSSR count). The van der Waals surface area contributed by atoms with Crippen molar-refractivity contribution < 1.29 is 9.15 Å². The predicted molar refractivity (Wildman–Crippen MR) is 70.1 cm³/mol. The average molecular weight is 285 g/mol. The summed E-state index contributed by atoms with van der Waals surface area (Å²) in [7, 11) is 1.64. The summed E-state index contributed by atoms with van der Waals surface area (Å²) in [5, 5.41) is 15.5. The van der Waals surface area contributed by atoms with Gasteiger partial charge in [0.1, 0.15) is 0 Å². The molecule has 8 nitrogen and oxygen atoms in total. The Bertz CT molecular complexity index is 549. The molecule has 9 heteroatoms. The number of methoxy groups -OCH3 is 1. The van der Waals surface area contributed by atoms with Crippen LogP contribution in [0.2, 0.25) is 0 Å². The van der Waals surface area contributed by atoms with Crippen LogP contribution < -0.4 is 15.5 Å². The summed E-state index contributed by atoms with van der Waals surface area (Å²) in [5.74, 6) is 0.498. The molecule has 2 aromatic heterocycles. The van der Waals surface area contributed by atoms with E-state index >= 15 is 0 Å². The smallest absolute Gasteiger partial charge is 0.315 e. The third-order valence-electron chi connectivity index (χ3n) is 2.23. The molecule has 0 unspecified atom stereocenters. The summed E-state index contributed by atoms with van der Waals surface area (Å²) in [5.41, 5.74) is 0.785. The number of ether oxygens (including phenoxy) is 1. The van der Waals surface area contributed by atoms with Crippen LogP contribution in [0.15, 0.2) is 14.6 Å². The Balaban J connectivity index is 1.75. The molecule has 0 aliphatic rings. The van der Waals surface area contributed by atoms with Gasteiger partial charge >= 0.3 is 10.9 Å². The van der Waals surface area contributed by atoms with Crippen molar-refractivity contribution >= 4 is 17.4 Å². The van der Waals surface area contributed by atoms with Gasteiger partial charge in [0.2, 0.25) is 5.89 Å². The largest absolute Gasteiger partial charge is 0.407 e. The van der Waals surface area contributed by atoms with Gasteiger partial charge in [-0.3, -0.25) is 4.79 Å². The number of aromatic amines is 1. The van der Waals surface area contributed by atoms with E-state index in [1.54, 1.807) is 12.5 Å². The van der Waals surface area contributed by atoms with Gasteiger partial charge in [-0.25, -0.2) is 0 Å². The summed E-state index contributed by atoms with van der Waals surface area (Å²) in [6, 6.07) is 0.329. The van der Waals surface area contributed by atoms with E-state index in [9.17, 15) is 4.79 Å². The number of anilines is 1. The minimum Gasteiger partial charge on any atom is -0.407 e. The van der Waals surface area contributed by atoms with E-state index in [4.69, 9.17) is 9.15 Å². The molecule has 0 radical (unpaired) electrons. The van der Waals surface area contributed by atoms with Crippen LogP contribution in [0.1, 0.15) is 11.6 Å². The minimum absolute atomic E-state index is 0.0784. The lowest BCUT2D eigenvalue weighted by molar-refractivity contribution is 0.198. The van der Waals surface area contributed by atoms with Crippen molar-refractivity contribution in [2.75, 3.05) is 25.6 Å². The van der Waals surface area contributed by atoms with Gasteiger partial charge in [0.05, 0.1) is 19.7 Å². The molecular weight excluding hydrogens is 270 g/mol. The van der Waals surface area contributed by atoms with Gasteiger partial charge in [-0.1, -0.05) is 16.4 Å². The SMILES string of the molecule is COCCNCc1nnc(NCc2csc(=O)[nH]2)o1. The molecule has 3 N–H and O–H groups in total. The van der Waals surface area contributed by atoms with Crippen LogP contribution in [0.25, 0.3) is 0 Å². The van der Waals surface area contributed by atoms with Gasteiger partial charge < -0.3 is 24.8 Å². The highest BCUT2D eigenvalue weighted by molar-refractivity contribution is 7.07. The minimum atomic E-state index is -0.0784. The molecule has 2 aromatic rings. The van der Waals surface area contributed by atoms with Crippen LogP contribution in [0.4, 0.5) is 6.01 Å². The molecule has 0 spiro atoms. The molecule has 0 atom stereocenters. The molecule has 19 heavy (non-hydrogen) atoms. The van der Waals surface area contributed by atoms with E-state index < -0.39 is 0 Å². The van der Waals surface area contributed by atoms with E-state index in [0.717, 1.165) is 23.6 Å². The summed E-state index contributed by atoms with van der Waals surface area (Å²) >= 11 is 1.12. The Morgan fingerprint density at radius 3 is 3.11 bits per heavy atom. The lowest BCUT2D eigenvalue weighted by Gasteiger charge is -1.99. The van der Waals surface area contributed by atoms with Gasteiger partial charge in [-0.05, 0) is 0 Å². The fourth-order valence-electron chi connectivity index (χ4n) is 1.34. The molecule has 0 saturated heterocycles. The molecule has 104 valence electrons. The summed E-state index contributed by atoms with van der Waals surface area (Å²) in [4.78, 5) is 13.5. The fraction of sp³-hybridized carbons (Fsp3) is 0.500. The monoisotopic (exact) mass is 285 g/mol. The van der Waals surface area contributed by atoms with Crippen LogP contribution in [0.3, 0.4) is 0 Å². The van der Waals surface area contributed by atoms with Crippen molar-refractivity contribution in [3.8, 4) is 0 Å². The second kappa shape index (κ2) is 7.02. The Labute approximate surface area is 113 Å². The quantitative estimate of drug-likeness (QED) is 0.594. The van der Waals surface area contributed by atoms with Crippen LogP contribution in [0, 0.1) is 0 Å². The molecule has 2 heterocycles. The van der Waals surface area contributed by atoms with E-state index in [-0.39, 0.29) is 4.87 Å². The zero-order valence-electron chi connectivity index (χ0n) is 10.4. The molecular formula is C10H15N5O3S. The first-order valence-electron chi connectivity index (χ1n) is 5.70. The standard InChI is InChI=1S/C10H15N5O3S/c1-17-3-2-11-5-8-14-15-9(18-8)12-4-7-6-19-10(16)13-7/h6,11H,2-5H2,1H3,(H,12,15)(H,13,16). The summed E-state index contributed by atoms with van der Waals surface area (Å²) in [6.07, 6.45) is 0. The fourth-order valence-corrected chi connectivity index (χ4v) is 1.92. The number of aromatic nitrogens is 3. The first-order chi connectivity index (χ1) is 9.28. The maximum absolute atomic E-state index is 10.9. The van der Waals surface area contributed by atoms with Gasteiger partial charge in [0, 0.05) is 24.7 Å². The zero-order chi connectivity index (χ0) is 13.5. The average Bonchev–Trinajstić information content (AvgIpc) is 3.01. The Kier molecular flexibility index (Phi) is 5.07. The van der Waals surface area contributed by atoms with Crippen LogP contribution in [-0.4, -0.2) is 35.4 Å². The van der Waals surface area contributed by atoms with Crippen LogP contribution in [-0.2, 0) is 17.8 Å². The van der Waals surface area contributed by atoms with E-state index in [1.165, 1.54) is 0 Å². The molecule has 0 aliphatic heterocycles. The third kappa shape index (κ3) is 4.47. The summed E-state index contributed by atoms with van der Waals surface area (Å²) < 4.78 is 10.3. The number of nitrogens with zero attached hydrogens (tertiary/aromatic N) is 2. The highest BCUT2D eigenvalue weighted by Crippen LogP contribution is 2.07.